The molecule has 2 aromatic rings. The zero-order chi connectivity index (χ0) is 19.1. The Labute approximate surface area is 154 Å². The van der Waals surface area contributed by atoms with E-state index in [0.29, 0.717) is 27.5 Å². The summed E-state index contributed by atoms with van der Waals surface area (Å²) in [7, 11) is -2.21. The second-order valence-electron chi connectivity index (χ2n) is 5.70. The van der Waals surface area contributed by atoms with Crippen LogP contribution in [0.25, 0.3) is 11.1 Å². The number of methoxy groups -OCH3 is 1. The standard InChI is InChI=1S/C18H14ClFO5S/c1-24-15-5-3-11(7-13(15)19)17-12(9-25-18(17)21)10-4-6-16(14(20)8-10)26(2,22)23/h3-8H,9H2,1-2H3. The molecule has 0 saturated heterocycles. The van der Waals surface area contributed by atoms with Crippen LogP contribution >= 0.6 is 11.6 Å². The molecule has 0 N–H and O–H groups in total. The lowest BCUT2D eigenvalue weighted by Gasteiger charge is -2.09. The molecular formula is C18H14ClFO5S. The second kappa shape index (κ2) is 6.74. The quantitative estimate of drug-likeness (QED) is 0.741. The van der Waals surface area contributed by atoms with E-state index in [0.717, 1.165) is 12.3 Å². The SMILES string of the molecule is COc1ccc(C2=C(c3ccc(S(C)(=O)=O)c(F)c3)COC2=O)cc1Cl. The Balaban J connectivity index is 2.14. The summed E-state index contributed by atoms with van der Waals surface area (Å²) in [5.74, 6) is -0.995. The maximum Gasteiger partial charge on any atom is 0.339 e. The number of rotatable bonds is 4. The molecule has 0 amide bonds. The number of benzene rings is 2. The molecule has 1 aliphatic heterocycles. The molecule has 0 spiro atoms. The first-order valence-electron chi connectivity index (χ1n) is 7.46. The molecule has 26 heavy (non-hydrogen) atoms. The van der Waals surface area contributed by atoms with Crippen LogP contribution < -0.4 is 4.74 Å². The highest BCUT2D eigenvalue weighted by molar-refractivity contribution is 7.90. The van der Waals surface area contributed by atoms with Crippen molar-refractivity contribution >= 4 is 38.6 Å². The summed E-state index contributed by atoms with van der Waals surface area (Å²) in [6, 6.07) is 8.52. The van der Waals surface area contributed by atoms with Gasteiger partial charge in [0.2, 0.25) is 0 Å². The lowest BCUT2D eigenvalue weighted by atomic mass is 9.96. The number of esters is 1. The van der Waals surface area contributed by atoms with Gasteiger partial charge in [-0.3, -0.25) is 0 Å². The Morgan fingerprint density at radius 1 is 1.15 bits per heavy atom. The fourth-order valence-electron chi connectivity index (χ4n) is 2.74. The van der Waals surface area contributed by atoms with Crippen molar-refractivity contribution < 1.29 is 27.1 Å². The molecule has 8 heteroatoms. The third kappa shape index (κ3) is 3.32. The van der Waals surface area contributed by atoms with Gasteiger partial charge in [-0.2, -0.15) is 0 Å². The van der Waals surface area contributed by atoms with E-state index in [9.17, 15) is 17.6 Å². The Kier molecular flexibility index (Phi) is 4.77. The van der Waals surface area contributed by atoms with Gasteiger partial charge in [0.05, 0.1) is 17.7 Å². The molecule has 0 saturated carbocycles. The molecule has 1 aliphatic rings. The predicted molar refractivity (Wildman–Crippen MR) is 95.3 cm³/mol. The molecule has 1 heterocycles. The zero-order valence-corrected chi connectivity index (χ0v) is 15.4. The van der Waals surface area contributed by atoms with Gasteiger partial charge in [-0.15, -0.1) is 0 Å². The zero-order valence-electron chi connectivity index (χ0n) is 13.9. The van der Waals surface area contributed by atoms with Gasteiger partial charge in [-0.1, -0.05) is 23.7 Å². The first-order valence-corrected chi connectivity index (χ1v) is 9.73. The Morgan fingerprint density at radius 2 is 1.85 bits per heavy atom. The molecule has 2 aromatic carbocycles. The van der Waals surface area contributed by atoms with Crippen molar-refractivity contribution in [1.82, 2.24) is 0 Å². The molecule has 0 atom stereocenters. The van der Waals surface area contributed by atoms with E-state index in [1.807, 2.05) is 0 Å². The van der Waals surface area contributed by atoms with Crippen LogP contribution in [0, 0.1) is 5.82 Å². The lowest BCUT2D eigenvalue weighted by molar-refractivity contribution is -0.133. The summed E-state index contributed by atoms with van der Waals surface area (Å²) < 4.78 is 47.5. The summed E-state index contributed by atoms with van der Waals surface area (Å²) in [6.45, 7) is -0.0462. The predicted octanol–water partition coefficient (Wildman–Crippen LogP) is 3.36. The molecule has 0 fully saturated rings. The molecule has 136 valence electrons. The van der Waals surface area contributed by atoms with Crippen LogP contribution in [0.3, 0.4) is 0 Å². The largest absolute Gasteiger partial charge is 0.495 e. The number of sulfone groups is 1. The summed E-state index contributed by atoms with van der Waals surface area (Å²) >= 11 is 6.12. The van der Waals surface area contributed by atoms with Gasteiger partial charge in [0, 0.05) is 11.8 Å². The normalized spacial score (nSPS) is 14.5. The molecule has 3 rings (SSSR count). The third-order valence-electron chi connectivity index (χ3n) is 3.97. The minimum atomic E-state index is -3.68. The highest BCUT2D eigenvalue weighted by Gasteiger charge is 2.28. The van der Waals surface area contributed by atoms with Gasteiger partial charge >= 0.3 is 5.97 Å². The number of ether oxygens (including phenoxy) is 2. The Morgan fingerprint density at radius 3 is 2.42 bits per heavy atom. The number of carbonyl (C=O) groups excluding carboxylic acids is 1. The molecule has 0 unspecified atom stereocenters. The number of hydrogen-bond donors (Lipinski definition) is 0. The van der Waals surface area contributed by atoms with E-state index in [1.165, 1.54) is 19.2 Å². The summed E-state index contributed by atoms with van der Waals surface area (Å²) in [6.07, 6.45) is 0.928. The Hall–Kier alpha value is -2.38. The smallest absolute Gasteiger partial charge is 0.339 e. The molecule has 0 aliphatic carbocycles. The van der Waals surface area contributed by atoms with E-state index in [4.69, 9.17) is 21.1 Å². The van der Waals surface area contributed by atoms with Crippen molar-refractivity contribution in [2.24, 2.45) is 0 Å². The fourth-order valence-corrected chi connectivity index (χ4v) is 3.72. The van der Waals surface area contributed by atoms with Crippen molar-refractivity contribution in [3.63, 3.8) is 0 Å². The number of halogens is 2. The van der Waals surface area contributed by atoms with Gasteiger partial charge in [0.15, 0.2) is 9.84 Å². The van der Waals surface area contributed by atoms with Crippen molar-refractivity contribution in [1.29, 1.82) is 0 Å². The molecule has 0 bridgehead atoms. The maximum atomic E-state index is 14.2. The summed E-state index contributed by atoms with van der Waals surface area (Å²) in [5.41, 5.74) is 1.57. The first kappa shape index (κ1) is 18.4. The molecule has 0 aromatic heterocycles. The molecular weight excluding hydrogens is 383 g/mol. The van der Waals surface area contributed by atoms with Crippen molar-refractivity contribution in [2.45, 2.75) is 4.90 Å². The second-order valence-corrected chi connectivity index (χ2v) is 8.09. The van der Waals surface area contributed by atoms with Crippen LogP contribution in [0.4, 0.5) is 4.39 Å². The number of carbonyl (C=O) groups is 1. The van der Waals surface area contributed by atoms with E-state index >= 15 is 0 Å². The van der Waals surface area contributed by atoms with Crippen molar-refractivity contribution in [3.8, 4) is 5.75 Å². The van der Waals surface area contributed by atoms with Gasteiger partial charge < -0.3 is 9.47 Å². The van der Waals surface area contributed by atoms with Crippen LogP contribution in [0.5, 0.6) is 5.75 Å². The Bertz CT molecular complexity index is 1040. The minimum Gasteiger partial charge on any atom is -0.495 e. The van der Waals surface area contributed by atoms with Crippen LogP contribution in [-0.4, -0.2) is 34.4 Å². The van der Waals surface area contributed by atoms with Crippen LogP contribution in [0.15, 0.2) is 41.3 Å². The highest BCUT2D eigenvalue weighted by atomic mass is 35.5. The average molecular weight is 397 g/mol. The van der Waals surface area contributed by atoms with E-state index in [1.54, 1.807) is 18.2 Å². The third-order valence-corrected chi connectivity index (χ3v) is 5.40. The van der Waals surface area contributed by atoms with Gasteiger partial charge in [-0.25, -0.2) is 17.6 Å². The number of hydrogen-bond acceptors (Lipinski definition) is 5. The topological polar surface area (TPSA) is 69.7 Å². The van der Waals surface area contributed by atoms with Crippen LogP contribution in [0.1, 0.15) is 11.1 Å². The van der Waals surface area contributed by atoms with Crippen molar-refractivity contribution in [3.05, 3.63) is 58.4 Å². The lowest BCUT2D eigenvalue weighted by Crippen LogP contribution is -2.02. The minimum absolute atomic E-state index is 0.0462. The van der Waals surface area contributed by atoms with E-state index in [2.05, 4.69) is 0 Å². The van der Waals surface area contributed by atoms with Gasteiger partial charge in [0.1, 0.15) is 23.1 Å². The molecule has 0 radical (unpaired) electrons. The summed E-state index contributed by atoms with van der Waals surface area (Å²) in [4.78, 5) is 11.8. The van der Waals surface area contributed by atoms with E-state index < -0.39 is 26.5 Å². The average Bonchev–Trinajstić information content (AvgIpc) is 2.95. The van der Waals surface area contributed by atoms with Crippen LogP contribution in [0.2, 0.25) is 5.02 Å². The first-order chi connectivity index (χ1) is 12.2. The van der Waals surface area contributed by atoms with E-state index in [-0.39, 0.29) is 12.2 Å². The van der Waals surface area contributed by atoms with Gasteiger partial charge in [0.25, 0.3) is 0 Å². The summed E-state index contributed by atoms with van der Waals surface area (Å²) in [5, 5.41) is 0.315. The fraction of sp³-hybridized carbons (Fsp3) is 0.167. The molecule has 5 nitrogen and oxygen atoms in total. The maximum absolute atomic E-state index is 14.2. The monoisotopic (exact) mass is 396 g/mol. The van der Waals surface area contributed by atoms with Crippen LogP contribution in [-0.2, 0) is 19.4 Å². The highest BCUT2D eigenvalue weighted by Crippen LogP contribution is 2.36. The van der Waals surface area contributed by atoms with Gasteiger partial charge in [-0.05, 0) is 35.4 Å². The van der Waals surface area contributed by atoms with Crippen molar-refractivity contribution in [2.75, 3.05) is 20.0 Å². The number of cyclic esters (lactones) is 1.